The summed E-state index contributed by atoms with van der Waals surface area (Å²) in [5, 5.41) is 23.2. The van der Waals surface area contributed by atoms with E-state index in [1.807, 2.05) is 37.3 Å². The number of aromatic nitrogens is 1. The van der Waals surface area contributed by atoms with E-state index in [0.717, 1.165) is 10.8 Å². The van der Waals surface area contributed by atoms with Gasteiger partial charge in [-0.15, -0.1) is 0 Å². The lowest BCUT2D eigenvalue weighted by atomic mass is 9.74. The zero-order valence-electron chi connectivity index (χ0n) is 16.4. The molecule has 4 rings (SSSR count). The largest absolute Gasteiger partial charge is 0.481 e. The molecule has 1 aliphatic heterocycles. The average molecular weight is 401 g/mol. The molecule has 7 heteroatoms. The lowest BCUT2D eigenvalue weighted by Crippen LogP contribution is -2.32. The molecule has 0 bridgehead atoms. The summed E-state index contributed by atoms with van der Waals surface area (Å²) in [6.45, 7) is 3.50. The Kier molecular flexibility index (Phi) is 4.87. The number of nitro groups is 1. The Bertz CT molecular complexity index is 1240. The molecule has 0 spiro atoms. The van der Waals surface area contributed by atoms with Crippen LogP contribution in [0.3, 0.4) is 0 Å². The normalized spacial score (nSPS) is 18.9. The number of hydrogen-bond acceptors (Lipinski definition) is 5. The Morgan fingerprint density at radius 1 is 1.10 bits per heavy atom. The highest BCUT2D eigenvalue weighted by Crippen LogP contribution is 2.45. The molecule has 1 N–H and O–H groups in total. The second-order valence-corrected chi connectivity index (χ2v) is 7.28. The van der Waals surface area contributed by atoms with Crippen LogP contribution in [-0.2, 0) is 4.79 Å². The summed E-state index contributed by atoms with van der Waals surface area (Å²) in [4.78, 5) is 32.2. The molecule has 150 valence electrons. The van der Waals surface area contributed by atoms with Crippen molar-refractivity contribution < 1.29 is 14.8 Å². The minimum Gasteiger partial charge on any atom is -0.481 e. The Morgan fingerprint density at radius 2 is 1.87 bits per heavy atom. The van der Waals surface area contributed by atoms with Crippen LogP contribution in [0, 0.1) is 16.0 Å². The number of aliphatic imine (C=N–C) groups is 1. The van der Waals surface area contributed by atoms with Gasteiger partial charge in [0.1, 0.15) is 5.92 Å². The molecule has 2 heterocycles. The number of carbonyl (C=O) groups is 1. The maximum atomic E-state index is 12.3. The van der Waals surface area contributed by atoms with Gasteiger partial charge in [-0.25, -0.2) is 0 Å². The molecule has 2 atom stereocenters. The van der Waals surface area contributed by atoms with E-state index in [0.29, 0.717) is 28.2 Å². The van der Waals surface area contributed by atoms with Crippen LogP contribution in [0.2, 0.25) is 0 Å². The lowest BCUT2D eigenvalue weighted by molar-refractivity contribution is -0.384. The maximum Gasteiger partial charge on any atom is 0.313 e. The number of aliphatic carboxylic acids is 1. The monoisotopic (exact) mass is 401 g/mol. The van der Waals surface area contributed by atoms with Crippen molar-refractivity contribution in [2.24, 2.45) is 10.9 Å². The highest BCUT2D eigenvalue weighted by atomic mass is 16.6. The fourth-order valence-electron chi connectivity index (χ4n) is 4.19. The minimum atomic E-state index is -1.03. The number of fused-ring (bicyclic) bond motifs is 1. The number of allylic oxidation sites excluding steroid dienone is 2. The number of non-ortho nitro benzene ring substituents is 1. The summed E-state index contributed by atoms with van der Waals surface area (Å²) < 4.78 is 0. The number of nitrogens with zero attached hydrogens (tertiary/aromatic N) is 3. The van der Waals surface area contributed by atoms with Gasteiger partial charge in [-0.1, -0.05) is 36.4 Å². The Balaban J connectivity index is 2.02. The molecule has 7 nitrogen and oxygen atoms in total. The Morgan fingerprint density at radius 3 is 2.60 bits per heavy atom. The summed E-state index contributed by atoms with van der Waals surface area (Å²) in [5.74, 6) is -2.64. The SMILES string of the molecule is CC1=NC(C)=C(c2nccc3ccccc23)C(c2cccc([N+](=O)[O-])c2)C1C(=O)O. The van der Waals surface area contributed by atoms with E-state index < -0.39 is 22.7 Å². The number of carboxylic acids is 1. The molecule has 0 saturated carbocycles. The zero-order chi connectivity index (χ0) is 21.4. The number of carboxylic acid groups (broad SMARTS) is 1. The van der Waals surface area contributed by atoms with Gasteiger partial charge >= 0.3 is 5.97 Å². The van der Waals surface area contributed by atoms with Crippen molar-refractivity contribution >= 4 is 33.7 Å². The van der Waals surface area contributed by atoms with Gasteiger partial charge in [-0.05, 0) is 30.9 Å². The van der Waals surface area contributed by atoms with E-state index in [1.165, 1.54) is 12.1 Å². The van der Waals surface area contributed by atoms with Crippen molar-refractivity contribution in [2.75, 3.05) is 0 Å². The zero-order valence-corrected chi connectivity index (χ0v) is 16.4. The molecule has 0 radical (unpaired) electrons. The van der Waals surface area contributed by atoms with Crippen LogP contribution in [-0.4, -0.2) is 26.7 Å². The van der Waals surface area contributed by atoms with Crippen LogP contribution in [0.1, 0.15) is 31.0 Å². The van der Waals surface area contributed by atoms with Crippen molar-refractivity contribution in [3.05, 3.63) is 87.9 Å². The van der Waals surface area contributed by atoms with Crippen LogP contribution in [0.15, 0.2) is 71.5 Å². The topological polar surface area (TPSA) is 106 Å². The lowest BCUT2D eigenvalue weighted by Gasteiger charge is -2.31. The third-order valence-electron chi connectivity index (χ3n) is 5.46. The second-order valence-electron chi connectivity index (χ2n) is 7.28. The number of rotatable bonds is 4. The number of hydrogen-bond donors (Lipinski definition) is 1. The van der Waals surface area contributed by atoms with Crippen LogP contribution >= 0.6 is 0 Å². The van der Waals surface area contributed by atoms with E-state index in [9.17, 15) is 20.0 Å². The average Bonchev–Trinajstić information content (AvgIpc) is 2.72. The van der Waals surface area contributed by atoms with Crippen molar-refractivity contribution in [3.63, 3.8) is 0 Å². The van der Waals surface area contributed by atoms with E-state index in [2.05, 4.69) is 9.98 Å². The van der Waals surface area contributed by atoms with E-state index >= 15 is 0 Å². The van der Waals surface area contributed by atoms with Crippen LogP contribution < -0.4 is 0 Å². The molecule has 1 aliphatic rings. The molecular weight excluding hydrogens is 382 g/mol. The van der Waals surface area contributed by atoms with Crippen molar-refractivity contribution in [3.8, 4) is 0 Å². The third-order valence-corrected chi connectivity index (χ3v) is 5.46. The first-order valence-corrected chi connectivity index (χ1v) is 9.45. The van der Waals surface area contributed by atoms with Crippen LogP contribution in [0.25, 0.3) is 16.3 Å². The van der Waals surface area contributed by atoms with Crippen LogP contribution in [0.4, 0.5) is 5.69 Å². The molecule has 0 saturated heterocycles. The highest BCUT2D eigenvalue weighted by molar-refractivity contribution is 6.07. The van der Waals surface area contributed by atoms with Gasteiger partial charge in [0.25, 0.3) is 5.69 Å². The standard InChI is InChI=1S/C23H19N3O4/c1-13-19(22-18-9-4-3-6-15(18)10-11-24-22)21(20(23(27)28)14(2)25-13)16-7-5-8-17(12-16)26(29)30/h3-12,20-21H,1-2H3,(H,27,28). The molecule has 0 fully saturated rings. The quantitative estimate of drug-likeness (QED) is 0.498. The van der Waals surface area contributed by atoms with Gasteiger partial charge in [0.2, 0.25) is 0 Å². The first-order valence-electron chi connectivity index (χ1n) is 9.45. The molecule has 1 aromatic heterocycles. The number of benzene rings is 2. The van der Waals surface area contributed by atoms with Gasteiger partial charge < -0.3 is 5.11 Å². The minimum absolute atomic E-state index is 0.0836. The molecule has 2 unspecified atom stereocenters. The van der Waals surface area contributed by atoms with Gasteiger partial charge in [0.15, 0.2) is 0 Å². The summed E-state index contributed by atoms with van der Waals surface area (Å²) in [6.07, 6.45) is 1.68. The van der Waals surface area contributed by atoms with E-state index in [1.54, 1.807) is 25.3 Å². The number of pyridine rings is 1. The first-order chi connectivity index (χ1) is 14.4. The Labute approximate surface area is 172 Å². The van der Waals surface area contributed by atoms with Crippen LogP contribution in [0.5, 0.6) is 0 Å². The number of nitro benzene ring substituents is 1. The summed E-state index contributed by atoms with van der Waals surface area (Å²) in [7, 11) is 0. The molecule has 3 aromatic rings. The summed E-state index contributed by atoms with van der Waals surface area (Å²) in [5.41, 5.74) is 2.90. The van der Waals surface area contributed by atoms with Gasteiger partial charge in [0, 0.05) is 46.6 Å². The predicted octanol–water partition coefficient (Wildman–Crippen LogP) is 4.83. The fourth-order valence-corrected chi connectivity index (χ4v) is 4.19. The Hall–Kier alpha value is -3.87. The van der Waals surface area contributed by atoms with Gasteiger partial charge in [-0.2, -0.15) is 0 Å². The smallest absolute Gasteiger partial charge is 0.313 e. The summed E-state index contributed by atoms with van der Waals surface area (Å²) >= 11 is 0. The molecule has 0 amide bonds. The van der Waals surface area contributed by atoms with E-state index in [4.69, 9.17) is 0 Å². The highest BCUT2D eigenvalue weighted by Gasteiger charge is 2.40. The molecule has 2 aromatic carbocycles. The van der Waals surface area contributed by atoms with Crippen molar-refractivity contribution in [1.29, 1.82) is 0 Å². The third kappa shape index (κ3) is 3.24. The fraction of sp³-hybridized carbons (Fsp3) is 0.174. The molecule has 30 heavy (non-hydrogen) atoms. The van der Waals surface area contributed by atoms with E-state index in [-0.39, 0.29) is 5.69 Å². The first kappa shape index (κ1) is 19.4. The molecular formula is C23H19N3O4. The second kappa shape index (κ2) is 7.51. The van der Waals surface area contributed by atoms with Gasteiger partial charge in [-0.3, -0.25) is 24.9 Å². The predicted molar refractivity (Wildman–Crippen MR) is 114 cm³/mol. The molecule has 0 aliphatic carbocycles. The van der Waals surface area contributed by atoms with Gasteiger partial charge in [0.05, 0.1) is 10.6 Å². The van der Waals surface area contributed by atoms with Crippen molar-refractivity contribution in [1.82, 2.24) is 4.98 Å². The van der Waals surface area contributed by atoms with Crippen molar-refractivity contribution in [2.45, 2.75) is 19.8 Å². The summed E-state index contributed by atoms with van der Waals surface area (Å²) in [6, 6.07) is 15.8. The maximum absolute atomic E-state index is 12.3.